The maximum atomic E-state index is 13.1. The molecule has 0 spiro atoms. The van der Waals surface area contributed by atoms with Crippen molar-refractivity contribution in [2.75, 3.05) is 25.0 Å². The number of hydrogen-bond donors (Lipinski definition) is 1. The van der Waals surface area contributed by atoms with Crippen molar-refractivity contribution in [2.24, 2.45) is 11.8 Å². The summed E-state index contributed by atoms with van der Waals surface area (Å²) in [5, 5.41) is 2.74. The van der Waals surface area contributed by atoms with Crippen LogP contribution in [0.4, 0.5) is 5.69 Å². The molecule has 7 nitrogen and oxygen atoms in total. The Bertz CT molecular complexity index is 1060. The Kier molecular flexibility index (Phi) is 7.69. The molecule has 2 aromatic rings. The molecule has 3 rings (SSSR count). The molecule has 32 heavy (non-hydrogen) atoms. The lowest BCUT2D eigenvalue weighted by Crippen LogP contribution is -2.42. The van der Waals surface area contributed by atoms with Gasteiger partial charge in [-0.2, -0.15) is 4.31 Å². The molecule has 1 fully saturated rings. The average molecular weight is 459 g/mol. The smallest absolute Gasteiger partial charge is 0.338 e. The highest BCUT2D eigenvalue weighted by molar-refractivity contribution is 7.89. The van der Waals surface area contributed by atoms with Crippen LogP contribution in [0.3, 0.4) is 0 Å². The first-order valence-electron chi connectivity index (χ1n) is 10.9. The molecule has 0 bridgehead atoms. The van der Waals surface area contributed by atoms with Crippen LogP contribution in [-0.2, 0) is 14.8 Å². The molecule has 172 valence electrons. The van der Waals surface area contributed by atoms with Gasteiger partial charge in [0, 0.05) is 24.3 Å². The monoisotopic (exact) mass is 458 g/mol. The number of nitrogens with one attached hydrogen (secondary N) is 1. The Morgan fingerprint density at radius 1 is 1.03 bits per heavy atom. The molecule has 2 aromatic carbocycles. The summed E-state index contributed by atoms with van der Waals surface area (Å²) in [5.41, 5.74) is 1.14. The van der Waals surface area contributed by atoms with Crippen LogP contribution in [0, 0.1) is 11.8 Å². The summed E-state index contributed by atoms with van der Waals surface area (Å²) in [6.45, 7) is 7.34. The summed E-state index contributed by atoms with van der Waals surface area (Å²) in [6, 6.07) is 12.4. The number of piperidine rings is 1. The highest BCUT2D eigenvalue weighted by Gasteiger charge is 2.32. The average Bonchev–Trinajstić information content (AvgIpc) is 2.77. The second-order valence-corrected chi connectivity index (χ2v) is 10.4. The van der Waals surface area contributed by atoms with Gasteiger partial charge in [-0.05, 0) is 67.1 Å². The minimum absolute atomic E-state index is 0.112. The number of carbonyl (C=O) groups is 2. The lowest BCUT2D eigenvalue weighted by Gasteiger charge is -2.34. The molecular formula is C24H30N2O5S. The zero-order valence-corrected chi connectivity index (χ0v) is 19.5. The van der Waals surface area contributed by atoms with E-state index in [1.807, 2.05) is 6.92 Å². The summed E-state index contributed by atoms with van der Waals surface area (Å²) < 4.78 is 32.9. The van der Waals surface area contributed by atoms with Crippen molar-refractivity contribution >= 4 is 27.6 Å². The van der Waals surface area contributed by atoms with Gasteiger partial charge >= 0.3 is 5.97 Å². The number of sulfonamides is 1. The van der Waals surface area contributed by atoms with Crippen LogP contribution in [0.5, 0.6) is 0 Å². The number of anilines is 1. The fourth-order valence-corrected chi connectivity index (χ4v) is 5.65. The highest BCUT2D eigenvalue weighted by atomic mass is 32.2. The Morgan fingerprint density at radius 3 is 2.31 bits per heavy atom. The van der Waals surface area contributed by atoms with Crippen LogP contribution < -0.4 is 5.32 Å². The number of hydrogen-bond acceptors (Lipinski definition) is 5. The number of amides is 1. The van der Waals surface area contributed by atoms with Crippen molar-refractivity contribution in [3.8, 4) is 0 Å². The fraction of sp³-hybridized carbons (Fsp3) is 0.417. The van der Waals surface area contributed by atoms with E-state index >= 15 is 0 Å². The Hall–Kier alpha value is -2.71. The van der Waals surface area contributed by atoms with Gasteiger partial charge in [0.1, 0.15) is 0 Å². The summed E-state index contributed by atoms with van der Waals surface area (Å²) in [4.78, 5) is 24.7. The van der Waals surface area contributed by atoms with Crippen LogP contribution in [0.1, 0.15) is 54.3 Å². The van der Waals surface area contributed by atoms with Crippen molar-refractivity contribution in [1.29, 1.82) is 0 Å². The zero-order valence-electron chi connectivity index (χ0n) is 18.7. The van der Waals surface area contributed by atoms with Gasteiger partial charge in [0.25, 0.3) is 5.91 Å². The lowest BCUT2D eigenvalue weighted by molar-refractivity contribution is 0.0505. The van der Waals surface area contributed by atoms with E-state index in [0.717, 1.165) is 12.8 Å². The van der Waals surface area contributed by atoms with Crippen LogP contribution in [0.25, 0.3) is 0 Å². The van der Waals surface area contributed by atoms with Crippen molar-refractivity contribution in [1.82, 2.24) is 4.31 Å². The van der Waals surface area contributed by atoms with E-state index in [-0.39, 0.29) is 10.5 Å². The normalized spacial score (nSPS) is 19.3. The largest absolute Gasteiger partial charge is 0.462 e. The van der Waals surface area contributed by atoms with Crippen molar-refractivity contribution < 1.29 is 22.7 Å². The van der Waals surface area contributed by atoms with Gasteiger partial charge in [-0.1, -0.05) is 26.8 Å². The first-order valence-corrected chi connectivity index (χ1v) is 12.3. The number of carbonyl (C=O) groups excluding carboxylic acids is 2. The van der Waals surface area contributed by atoms with Crippen LogP contribution >= 0.6 is 0 Å². The van der Waals surface area contributed by atoms with Crippen LogP contribution in [0.2, 0.25) is 0 Å². The molecule has 8 heteroatoms. The number of rotatable bonds is 7. The van der Waals surface area contributed by atoms with Gasteiger partial charge in [-0.25, -0.2) is 13.2 Å². The van der Waals surface area contributed by atoms with E-state index in [1.165, 1.54) is 16.4 Å². The van der Waals surface area contributed by atoms with E-state index in [1.54, 1.807) is 36.4 Å². The quantitative estimate of drug-likeness (QED) is 0.629. The van der Waals surface area contributed by atoms with Crippen molar-refractivity contribution in [2.45, 2.75) is 38.5 Å². The van der Waals surface area contributed by atoms with Gasteiger partial charge in [0.2, 0.25) is 10.0 Å². The number of esters is 1. The predicted molar refractivity (Wildman–Crippen MR) is 123 cm³/mol. The molecule has 1 aliphatic rings. The van der Waals surface area contributed by atoms with Gasteiger partial charge in [-0.3, -0.25) is 4.79 Å². The number of nitrogens with zero attached hydrogens (tertiary/aromatic N) is 1. The molecule has 0 aliphatic carbocycles. The SMILES string of the molecule is CCCOC(=O)c1ccc(NC(=O)c2cccc(S(=O)(=O)N3CC(C)CC(C)C3)c2)cc1. The second-order valence-electron chi connectivity index (χ2n) is 8.46. The third-order valence-electron chi connectivity index (χ3n) is 5.39. The number of ether oxygens (including phenoxy) is 1. The third kappa shape index (κ3) is 5.75. The molecule has 0 radical (unpaired) electrons. The van der Waals surface area contributed by atoms with Crippen molar-refractivity contribution in [3.05, 3.63) is 59.7 Å². The minimum Gasteiger partial charge on any atom is -0.462 e. The van der Waals surface area contributed by atoms with Gasteiger partial charge < -0.3 is 10.1 Å². The molecule has 0 saturated carbocycles. The minimum atomic E-state index is -3.68. The van der Waals surface area contributed by atoms with E-state index in [0.29, 0.717) is 42.8 Å². The second kappa shape index (κ2) is 10.3. The molecule has 2 unspecified atom stereocenters. The molecule has 1 N–H and O–H groups in total. The first kappa shape index (κ1) is 23.9. The summed E-state index contributed by atoms with van der Waals surface area (Å²) in [5.74, 6) is -0.253. The molecule has 2 atom stereocenters. The third-order valence-corrected chi connectivity index (χ3v) is 7.21. The molecule has 1 aliphatic heterocycles. The summed E-state index contributed by atoms with van der Waals surface area (Å²) in [6.07, 6.45) is 1.74. The van der Waals surface area contributed by atoms with E-state index in [2.05, 4.69) is 19.2 Å². The molecule has 0 aromatic heterocycles. The Morgan fingerprint density at radius 2 is 1.69 bits per heavy atom. The first-order chi connectivity index (χ1) is 15.2. The zero-order chi connectivity index (χ0) is 23.3. The predicted octanol–water partition coefficient (Wildman–Crippen LogP) is 4.17. The molecule has 1 amide bonds. The molecule has 1 heterocycles. The Balaban J connectivity index is 1.72. The van der Waals surface area contributed by atoms with Crippen LogP contribution in [-0.4, -0.2) is 44.3 Å². The Labute approximate surface area is 189 Å². The van der Waals surface area contributed by atoms with Gasteiger partial charge in [0.05, 0.1) is 17.1 Å². The number of benzene rings is 2. The van der Waals surface area contributed by atoms with Crippen LogP contribution in [0.15, 0.2) is 53.4 Å². The van der Waals surface area contributed by atoms with E-state index < -0.39 is 21.9 Å². The van der Waals surface area contributed by atoms with E-state index in [9.17, 15) is 18.0 Å². The van der Waals surface area contributed by atoms with Gasteiger partial charge in [0.15, 0.2) is 0 Å². The maximum Gasteiger partial charge on any atom is 0.338 e. The highest BCUT2D eigenvalue weighted by Crippen LogP contribution is 2.27. The maximum absolute atomic E-state index is 13.1. The topological polar surface area (TPSA) is 92.8 Å². The molecular weight excluding hydrogens is 428 g/mol. The standard InChI is InChI=1S/C24H30N2O5S/c1-4-12-31-24(28)19-8-10-21(11-9-19)25-23(27)20-6-5-7-22(14-20)32(29,30)26-15-17(2)13-18(3)16-26/h5-11,14,17-18H,4,12-13,15-16H2,1-3H3,(H,25,27). The fourth-order valence-electron chi connectivity index (χ4n) is 3.92. The van der Waals surface area contributed by atoms with Crippen molar-refractivity contribution in [3.63, 3.8) is 0 Å². The molecule has 1 saturated heterocycles. The lowest BCUT2D eigenvalue weighted by atomic mass is 9.94. The summed E-state index contributed by atoms with van der Waals surface area (Å²) >= 11 is 0. The van der Waals surface area contributed by atoms with E-state index in [4.69, 9.17) is 4.74 Å². The summed E-state index contributed by atoms with van der Waals surface area (Å²) in [7, 11) is -3.68. The van der Waals surface area contributed by atoms with Gasteiger partial charge in [-0.15, -0.1) is 0 Å².